The maximum absolute atomic E-state index is 12.1. The Morgan fingerprint density at radius 3 is 3.00 bits per heavy atom. The Bertz CT molecular complexity index is 1000. The zero-order valence-corrected chi connectivity index (χ0v) is 13.3. The fraction of sp³-hybridized carbons (Fsp3) is 0.375. The molecule has 4 rings (SSSR count). The lowest BCUT2D eigenvalue weighted by molar-refractivity contribution is 0.569. The summed E-state index contributed by atoms with van der Waals surface area (Å²) in [7, 11) is 0. The molecule has 3 aromatic heterocycles. The topological polar surface area (TPSA) is 99.2 Å². The van der Waals surface area contributed by atoms with Gasteiger partial charge >= 0.3 is 5.69 Å². The highest BCUT2D eigenvalue weighted by Gasteiger charge is 2.24. The molecule has 0 saturated carbocycles. The maximum Gasteiger partial charge on any atom is 0.325 e. The van der Waals surface area contributed by atoms with Gasteiger partial charge < -0.3 is 9.88 Å². The average molecular weight is 326 g/mol. The molecule has 0 amide bonds. The van der Waals surface area contributed by atoms with Crippen molar-refractivity contribution in [2.75, 3.05) is 18.0 Å². The Morgan fingerprint density at radius 2 is 2.25 bits per heavy atom. The van der Waals surface area contributed by atoms with Crippen LogP contribution in [0.4, 0.5) is 5.69 Å². The molecule has 1 saturated heterocycles. The first-order valence-electron chi connectivity index (χ1n) is 8.07. The van der Waals surface area contributed by atoms with Gasteiger partial charge in [-0.05, 0) is 18.4 Å². The van der Waals surface area contributed by atoms with Crippen molar-refractivity contribution in [3.8, 4) is 11.3 Å². The van der Waals surface area contributed by atoms with Gasteiger partial charge in [-0.15, -0.1) is 0 Å². The lowest BCUT2D eigenvalue weighted by Crippen LogP contribution is -2.24. The number of aromatic amines is 2. The molecule has 3 aromatic rings. The molecular formula is C16H18N6O2. The molecule has 0 radical (unpaired) electrons. The van der Waals surface area contributed by atoms with E-state index in [0.29, 0.717) is 17.2 Å². The molecule has 8 heteroatoms. The van der Waals surface area contributed by atoms with Crippen LogP contribution in [0.5, 0.6) is 0 Å². The molecule has 1 fully saturated rings. The summed E-state index contributed by atoms with van der Waals surface area (Å²) in [5.41, 5.74) is 1.59. The number of anilines is 1. The first-order valence-corrected chi connectivity index (χ1v) is 8.07. The predicted molar refractivity (Wildman–Crippen MR) is 90.3 cm³/mol. The van der Waals surface area contributed by atoms with Gasteiger partial charge in [0.25, 0.3) is 5.56 Å². The van der Waals surface area contributed by atoms with E-state index in [1.807, 2.05) is 6.07 Å². The highest BCUT2D eigenvalue weighted by Crippen LogP contribution is 2.30. The molecule has 1 aliphatic heterocycles. The van der Waals surface area contributed by atoms with Gasteiger partial charge in [0.05, 0.1) is 11.3 Å². The minimum Gasteiger partial charge on any atom is -0.368 e. The zero-order valence-electron chi connectivity index (χ0n) is 13.3. The molecule has 8 nitrogen and oxygen atoms in total. The van der Waals surface area contributed by atoms with Crippen LogP contribution in [0.15, 0.2) is 34.2 Å². The van der Waals surface area contributed by atoms with E-state index in [0.717, 1.165) is 37.3 Å². The molecular weight excluding hydrogens is 308 g/mol. The Kier molecular flexibility index (Phi) is 3.44. The summed E-state index contributed by atoms with van der Waals surface area (Å²) in [5.74, 6) is 0.674. The molecule has 1 atom stereocenters. The number of aromatic nitrogens is 5. The number of nitrogens with one attached hydrogen (secondary N) is 2. The van der Waals surface area contributed by atoms with Gasteiger partial charge in [-0.1, -0.05) is 13.3 Å². The molecule has 124 valence electrons. The second kappa shape index (κ2) is 5.63. The Morgan fingerprint density at radius 1 is 1.38 bits per heavy atom. The van der Waals surface area contributed by atoms with Crippen LogP contribution in [0.2, 0.25) is 0 Å². The summed E-state index contributed by atoms with van der Waals surface area (Å²) in [5, 5.41) is 4.45. The van der Waals surface area contributed by atoms with Crippen molar-refractivity contribution in [1.29, 1.82) is 0 Å². The Balaban J connectivity index is 1.86. The average Bonchev–Trinajstić information content (AvgIpc) is 3.23. The number of hydrogen-bond acceptors (Lipinski definition) is 5. The molecule has 4 heterocycles. The fourth-order valence-corrected chi connectivity index (χ4v) is 3.25. The number of nitrogens with zero attached hydrogens (tertiary/aromatic N) is 4. The van der Waals surface area contributed by atoms with Crippen molar-refractivity contribution < 1.29 is 0 Å². The van der Waals surface area contributed by atoms with Crippen LogP contribution in [0.3, 0.4) is 0 Å². The van der Waals surface area contributed by atoms with Crippen LogP contribution >= 0.6 is 0 Å². The summed E-state index contributed by atoms with van der Waals surface area (Å²) >= 11 is 0. The first-order chi connectivity index (χ1) is 11.7. The summed E-state index contributed by atoms with van der Waals surface area (Å²) in [4.78, 5) is 34.8. The van der Waals surface area contributed by atoms with Gasteiger partial charge in [0, 0.05) is 31.7 Å². The highest BCUT2D eigenvalue weighted by molar-refractivity contribution is 5.74. The van der Waals surface area contributed by atoms with Crippen molar-refractivity contribution in [3.05, 3.63) is 45.5 Å². The summed E-state index contributed by atoms with van der Waals surface area (Å²) in [6, 6.07) is 1.88. The molecule has 0 aromatic carbocycles. The normalized spacial score (nSPS) is 17.7. The van der Waals surface area contributed by atoms with Crippen LogP contribution < -0.4 is 16.1 Å². The van der Waals surface area contributed by atoms with Crippen LogP contribution in [0.25, 0.3) is 16.9 Å². The van der Waals surface area contributed by atoms with E-state index < -0.39 is 11.2 Å². The van der Waals surface area contributed by atoms with E-state index in [1.54, 1.807) is 16.9 Å². The summed E-state index contributed by atoms with van der Waals surface area (Å²) < 4.78 is 1.68. The third-order valence-electron chi connectivity index (χ3n) is 4.64. The second-order valence-corrected chi connectivity index (χ2v) is 6.10. The van der Waals surface area contributed by atoms with Crippen LogP contribution in [0.1, 0.15) is 19.8 Å². The van der Waals surface area contributed by atoms with Crippen molar-refractivity contribution in [2.24, 2.45) is 5.92 Å². The van der Waals surface area contributed by atoms with Crippen LogP contribution in [-0.2, 0) is 0 Å². The first kappa shape index (κ1) is 14.7. The minimum absolute atomic E-state index is 0.331. The van der Waals surface area contributed by atoms with E-state index in [4.69, 9.17) is 0 Å². The van der Waals surface area contributed by atoms with Gasteiger partial charge in [-0.3, -0.25) is 9.78 Å². The monoisotopic (exact) mass is 326 g/mol. The molecule has 24 heavy (non-hydrogen) atoms. The molecule has 1 aliphatic rings. The third kappa shape index (κ3) is 2.40. The number of rotatable bonds is 3. The van der Waals surface area contributed by atoms with Crippen molar-refractivity contribution in [3.63, 3.8) is 0 Å². The number of H-pyrrole nitrogens is 2. The van der Waals surface area contributed by atoms with Crippen LogP contribution in [0, 0.1) is 5.92 Å². The van der Waals surface area contributed by atoms with E-state index in [9.17, 15) is 9.59 Å². The van der Waals surface area contributed by atoms with Crippen molar-refractivity contribution in [2.45, 2.75) is 19.8 Å². The number of imidazole rings is 1. The van der Waals surface area contributed by atoms with E-state index in [1.165, 1.54) is 6.20 Å². The predicted octanol–water partition coefficient (Wildman–Crippen LogP) is 1.01. The van der Waals surface area contributed by atoms with Gasteiger partial charge in [0.1, 0.15) is 5.69 Å². The lowest BCUT2D eigenvalue weighted by atomic mass is 10.1. The molecule has 0 spiro atoms. The zero-order chi connectivity index (χ0) is 16.7. The van der Waals surface area contributed by atoms with Gasteiger partial charge in [0.2, 0.25) is 0 Å². The van der Waals surface area contributed by atoms with Gasteiger partial charge in [-0.2, -0.15) is 5.10 Å². The Labute approximate surface area is 137 Å². The smallest absolute Gasteiger partial charge is 0.325 e. The van der Waals surface area contributed by atoms with E-state index in [-0.39, 0.29) is 0 Å². The lowest BCUT2D eigenvalue weighted by Gasteiger charge is -2.19. The SMILES string of the molecule is CCC1CCN(c2cc(-c3c[nH]c(=O)[nH]c3=O)nn3ccnc23)C1. The summed E-state index contributed by atoms with van der Waals surface area (Å²) in [6.45, 7) is 4.15. The molecule has 1 unspecified atom stereocenters. The van der Waals surface area contributed by atoms with E-state index in [2.05, 4.69) is 31.9 Å². The van der Waals surface area contributed by atoms with Crippen molar-refractivity contribution in [1.82, 2.24) is 24.6 Å². The number of hydrogen-bond donors (Lipinski definition) is 2. The number of fused-ring (bicyclic) bond motifs is 1. The standard InChI is InChI=1S/C16H18N6O2/c1-2-10-3-5-21(9-10)13-7-12(20-22-6-4-17-14(13)22)11-8-18-16(24)19-15(11)23/h4,6-8,10H,2-3,5,9H2,1H3,(H2,18,19,23,24). The van der Waals surface area contributed by atoms with Crippen molar-refractivity contribution >= 4 is 11.3 Å². The van der Waals surface area contributed by atoms with Crippen LogP contribution in [-0.4, -0.2) is 37.7 Å². The quantitative estimate of drug-likeness (QED) is 0.748. The molecule has 0 bridgehead atoms. The largest absolute Gasteiger partial charge is 0.368 e. The molecule has 0 aliphatic carbocycles. The third-order valence-corrected chi connectivity index (χ3v) is 4.64. The maximum atomic E-state index is 12.1. The van der Waals surface area contributed by atoms with Gasteiger partial charge in [-0.25, -0.2) is 14.3 Å². The highest BCUT2D eigenvalue weighted by atomic mass is 16.2. The second-order valence-electron chi connectivity index (χ2n) is 6.10. The summed E-state index contributed by atoms with van der Waals surface area (Å²) in [6.07, 6.45) is 7.16. The minimum atomic E-state index is -0.530. The fourth-order valence-electron chi connectivity index (χ4n) is 3.25. The van der Waals surface area contributed by atoms with Gasteiger partial charge in [0.15, 0.2) is 5.65 Å². The Hall–Kier alpha value is -2.90. The molecule has 2 N–H and O–H groups in total. The van der Waals surface area contributed by atoms with E-state index >= 15 is 0 Å².